The molecule has 0 saturated heterocycles. The van der Waals surface area contributed by atoms with E-state index in [-0.39, 0.29) is 6.17 Å². The van der Waals surface area contributed by atoms with Gasteiger partial charge in [0, 0.05) is 33.0 Å². The number of nitrogens with zero attached hydrogens (tertiary/aromatic N) is 3. The number of amidine groups is 2. The van der Waals surface area contributed by atoms with Gasteiger partial charge in [0.2, 0.25) is 0 Å². The third-order valence-electron chi connectivity index (χ3n) is 9.81. The van der Waals surface area contributed by atoms with Gasteiger partial charge in [-0.25, -0.2) is 9.98 Å². The van der Waals surface area contributed by atoms with Gasteiger partial charge < -0.3 is 9.88 Å². The van der Waals surface area contributed by atoms with Crippen LogP contribution in [0.25, 0.3) is 59.8 Å². The SMILES string of the molecule is c1ccc(C2=NC(c3ccc(-n4c5ccc6ccccc6c5c5c6ccccc6c6ccccc6c54)cc3)N=C(c3ccccc3)N2)cc1. The Kier molecular flexibility index (Phi) is 6.21. The molecule has 0 amide bonds. The summed E-state index contributed by atoms with van der Waals surface area (Å²) in [7, 11) is 0. The molecule has 10 rings (SSSR count). The molecule has 230 valence electrons. The zero-order chi connectivity index (χ0) is 32.3. The third-order valence-corrected chi connectivity index (χ3v) is 9.81. The van der Waals surface area contributed by atoms with Crippen LogP contribution in [-0.4, -0.2) is 16.2 Å². The lowest BCUT2D eigenvalue weighted by Crippen LogP contribution is -2.35. The van der Waals surface area contributed by atoms with E-state index in [9.17, 15) is 0 Å². The average molecular weight is 627 g/mol. The fourth-order valence-electron chi connectivity index (χ4n) is 7.59. The zero-order valence-electron chi connectivity index (χ0n) is 26.6. The summed E-state index contributed by atoms with van der Waals surface area (Å²) in [6.07, 6.45) is -0.382. The molecule has 0 atom stereocenters. The number of rotatable bonds is 4. The summed E-state index contributed by atoms with van der Waals surface area (Å²) in [4.78, 5) is 10.2. The predicted molar refractivity (Wildman–Crippen MR) is 205 cm³/mol. The van der Waals surface area contributed by atoms with Gasteiger partial charge in [-0.3, -0.25) is 0 Å². The van der Waals surface area contributed by atoms with E-state index in [1.807, 2.05) is 36.4 Å². The van der Waals surface area contributed by atoms with Crippen LogP contribution in [-0.2, 0) is 0 Å². The van der Waals surface area contributed by atoms with Gasteiger partial charge in [0.1, 0.15) is 11.7 Å². The molecule has 1 aliphatic heterocycles. The van der Waals surface area contributed by atoms with Crippen molar-refractivity contribution in [1.29, 1.82) is 0 Å². The molecule has 0 saturated carbocycles. The number of hydrogen-bond acceptors (Lipinski definition) is 3. The number of aliphatic imine (C=N–C) groups is 2. The number of benzene rings is 8. The van der Waals surface area contributed by atoms with Crippen molar-refractivity contribution in [3.63, 3.8) is 0 Å². The first-order valence-electron chi connectivity index (χ1n) is 16.7. The monoisotopic (exact) mass is 626 g/mol. The molecule has 4 heteroatoms. The summed E-state index contributed by atoms with van der Waals surface area (Å²) in [5, 5.41) is 13.6. The van der Waals surface area contributed by atoms with Crippen LogP contribution < -0.4 is 5.32 Å². The Morgan fingerprint density at radius 2 is 0.959 bits per heavy atom. The second-order valence-corrected chi connectivity index (χ2v) is 12.6. The molecular formula is C45H30N4. The van der Waals surface area contributed by atoms with Gasteiger partial charge in [0.15, 0.2) is 6.17 Å². The molecule has 9 aromatic rings. The number of nitrogens with one attached hydrogen (secondary N) is 1. The van der Waals surface area contributed by atoms with E-state index in [1.54, 1.807) is 0 Å². The van der Waals surface area contributed by atoms with Gasteiger partial charge >= 0.3 is 0 Å². The molecule has 1 aliphatic rings. The molecular weight excluding hydrogens is 597 g/mol. The largest absolute Gasteiger partial charge is 0.324 e. The predicted octanol–water partition coefficient (Wildman–Crippen LogP) is 10.7. The Balaban J connectivity index is 1.20. The number of aromatic nitrogens is 1. The fraction of sp³-hybridized carbons (Fsp3) is 0.0222. The van der Waals surface area contributed by atoms with E-state index >= 15 is 0 Å². The second kappa shape index (κ2) is 11.0. The standard InChI is InChI=1S/C45H30N4/c1-3-14-30(15-4-1)43-46-44(31-16-5-2-6-17-31)48-45(47-43)32-23-26-33(27-24-32)49-39-28-25-29-13-7-8-18-34(29)40(39)41-37-21-11-9-19-35(37)36-20-10-12-22-38(36)42(41)49/h1-28,45H,(H,46,47,48). The Bertz CT molecular complexity index is 2720. The molecule has 0 spiro atoms. The first-order chi connectivity index (χ1) is 24.3. The minimum absolute atomic E-state index is 0.382. The molecule has 1 N–H and O–H groups in total. The molecule has 0 unspecified atom stereocenters. The molecule has 2 heterocycles. The maximum Gasteiger partial charge on any atom is 0.169 e. The zero-order valence-corrected chi connectivity index (χ0v) is 26.6. The minimum Gasteiger partial charge on any atom is -0.324 e. The topological polar surface area (TPSA) is 41.7 Å². The lowest BCUT2D eigenvalue weighted by atomic mass is 9.95. The van der Waals surface area contributed by atoms with Crippen LogP contribution in [0.15, 0.2) is 180 Å². The summed E-state index contributed by atoms with van der Waals surface area (Å²) in [5.41, 5.74) is 6.62. The molecule has 0 aliphatic carbocycles. The van der Waals surface area contributed by atoms with Crippen molar-refractivity contribution >= 4 is 65.8 Å². The van der Waals surface area contributed by atoms with Crippen molar-refractivity contribution in [1.82, 2.24) is 9.88 Å². The van der Waals surface area contributed by atoms with Crippen LogP contribution in [0.3, 0.4) is 0 Å². The highest BCUT2D eigenvalue weighted by Gasteiger charge is 2.23. The molecule has 0 bridgehead atoms. The summed E-state index contributed by atoms with van der Waals surface area (Å²) >= 11 is 0. The maximum absolute atomic E-state index is 5.11. The first-order valence-corrected chi connectivity index (χ1v) is 16.7. The van der Waals surface area contributed by atoms with Gasteiger partial charge in [-0.05, 0) is 50.7 Å². The Morgan fingerprint density at radius 1 is 0.429 bits per heavy atom. The highest BCUT2D eigenvalue weighted by molar-refractivity contribution is 6.35. The Hall–Kier alpha value is -6.52. The normalized spacial score (nSPS) is 13.6. The van der Waals surface area contributed by atoms with Gasteiger partial charge in [-0.15, -0.1) is 0 Å². The van der Waals surface area contributed by atoms with Gasteiger partial charge in [0.05, 0.1) is 11.0 Å². The lowest BCUT2D eigenvalue weighted by molar-refractivity contribution is 0.755. The maximum atomic E-state index is 5.11. The first kappa shape index (κ1) is 27.6. The van der Waals surface area contributed by atoms with Crippen LogP contribution in [0.4, 0.5) is 0 Å². The Labute approximate surface area is 283 Å². The van der Waals surface area contributed by atoms with E-state index in [0.29, 0.717) is 0 Å². The highest BCUT2D eigenvalue weighted by Crippen LogP contribution is 2.44. The van der Waals surface area contributed by atoms with Crippen molar-refractivity contribution in [3.8, 4) is 5.69 Å². The molecule has 0 radical (unpaired) electrons. The molecule has 0 fully saturated rings. The Morgan fingerprint density at radius 3 is 1.61 bits per heavy atom. The van der Waals surface area contributed by atoms with Gasteiger partial charge in [-0.2, -0.15) is 0 Å². The van der Waals surface area contributed by atoms with Crippen molar-refractivity contribution in [2.45, 2.75) is 6.17 Å². The van der Waals surface area contributed by atoms with Crippen LogP contribution in [0, 0.1) is 0 Å². The van der Waals surface area contributed by atoms with Crippen LogP contribution >= 0.6 is 0 Å². The second-order valence-electron chi connectivity index (χ2n) is 12.6. The number of hydrogen-bond donors (Lipinski definition) is 1. The van der Waals surface area contributed by atoms with E-state index < -0.39 is 0 Å². The van der Waals surface area contributed by atoms with Crippen molar-refractivity contribution < 1.29 is 0 Å². The van der Waals surface area contributed by atoms with Crippen molar-refractivity contribution in [2.75, 3.05) is 0 Å². The minimum atomic E-state index is -0.382. The summed E-state index contributed by atoms with van der Waals surface area (Å²) in [5.74, 6) is 1.63. The van der Waals surface area contributed by atoms with E-state index in [1.165, 1.54) is 54.1 Å². The molecule has 49 heavy (non-hydrogen) atoms. The average Bonchev–Trinajstić information content (AvgIpc) is 3.55. The highest BCUT2D eigenvalue weighted by atomic mass is 15.2. The lowest BCUT2D eigenvalue weighted by Gasteiger charge is -2.22. The van der Waals surface area contributed by atoms with Crippen molar-refractivity contribution in [3.05, 3.63) is 187 Å². The summed E-state index contributed by atoms with van der Waals surface area (Å²) in [6, 6.07) is 60.3. The van der Waals surface area contributed by atoms with Gasteiger partial charge in [0.25, 0.3) is 0 Å². The van der Waals surface area contributed by atoms with Crippen LogP contribution in [0.5, 0.6) is 0 Å². The van der Waals surface area contributed by atoms with Gasteiger partial charge in [-0.1, -0.05) is 152 Å². The third kappa shape index (κ3) is 4.38. The van der Waals surface area contributed by atoms with E-state index in [2.05, 4.69) is 143 Å². The molecule has 4 nitrogen and oxygen atoms in total. The quantitative estimate of drug-likeness (QED) is 0.194. The van der Waals surface area contributed by atoms with E-state index in [4.69, 9.17) is 9.98 Å². The molecule has 8 aromatic carbocycles. The van der Waals surface area contributed by atoms with Crippen LogP contribution in [0.2, 0.25) is 0 Å². The summed E-state index contributed by atoms with van der Waals surface area (Å²) < 4.78 is 2.45. The molecule has 1 aromatic heterocycles. The fourth-order valence-corrected chi connectivity index (χ4v) is 7.59. The van der Waals surface area contributed by atoms with Crippen LogP contribution in [0.1, 0.15) is 22.9 Å². The van der Waals surface area contributed by atoms with Crippen molar-refractivity contribution in [2.24, 2.45) is 9.98 Å². The summed E-state index contributed by atoms with van der Waals surface area (Å²) in [6.45, 7) is 0. The smallest absolute Gasteiger partial charge is 0.169 e. The van der Waals surface area contributed by atoms with E-state index in [0.717, 1.165) is 34.0 Å². The number of fused-ring (bicyclic) bond motifs is 10.